The number of carbonyl (C=O) groups is 1. The molecule has 0 N–H and O–H groups in total. The number of hydrogen-bond acceptors (Lipinski definition) is 2. The zero-order valence-electron chi connectivity index (χ0n) is 7.08. The first-order valence-corrected chi connectivity index (χ1v) is 4.25. The molecule has 0 aromatic rings. The van der Waals surface area contributed by atoms with E-state index in [-0.39, 0.29) is 5.91 Å². The molecule has 0 aliphatic carbocycles. The van der Waals surface area contributed by atoms with Crippen molar-refractivity contribution in [3.8, 4) is 0 Å². The zero-order chi connectivity index (χ0) is 8.60. The molecule has 2 aliphatic heterocycles. The van der Waals surface area contributed by atoms with Crippen LogP contribution in [0.4, 0.5) is 0 Å². The highest BCUT2D eigenvalue weighted by atomic mass is 16.5. The largest absolute Gasteiger partial charge is 0.380 e. The number of nitrogens with zero attached hydrogens (tertiary/aromatic N) is 1. The van der Waals surface area contributed by atoms with Crippen LogP contribution in [0.25, 0.3) is 0 Å². The number of carbonyl (C=O) groups excluding carboxylic acids is 1. The van der Waals surface area contributed by atoms with Crippen LogP contribution in [-0.2, 0) is 9.53 Å². The van der Waals surface area contributed by atoms with E-state index in [4.69, 9.17) is 4.74 Å². The Morgan fingerprint density at radius 3 is 2.75 bits per heavy atom. The molecule has 2 fully saturated rings. The van der Waals surface area contributed by atoms with Crippen molar-refractivity contribution in [2.24, 2.45) is 5.41 Å². The molecule has 66 valence electrons. The third-order valence-electron chi connectivity index (χ3n) is 2.74. The van der Waals surface area contributed by atoms with Crippen LogP contribution < -0.4 is 0 Å². The monoisotopic (exact) mass is 167 g/mol. The predicted molar refractivity (Wildman–Crippen MR) is 44.6 cm³/mol. The maximum Gasteiger partial charge on any atom is 0.245 e. The molecule has 0 bridgehead atoms. The van der Waals surface area contributed by atoms with Crippen molar-refractivity contribution in [3.05, 3.63) is 12.7 Å². The normalized spacial score (nSPS) is 25.5. The Labute approximate surface area is 72.0 Å². The molecule has 2 rings (SSSR count). The smallest absolute Gasteiger partial charge is 0.245 e. The molecule has 2 heterocycles. The van der Waals surface area contributed by atoms with Gasteiger partial charge in [-0.2, -0.15) is 0 Å². The van der Waals surface area contributed by atoms with E-state index in [1.807, 2.05) is 4.90 Å². The van der Waals surface area contributed by atoms with Gasteiger partial charge in [-0.1, -0.05) is 6.58 Å². The summed E-state index contributed by atoms with van der Waals surface area (Å²) in [6.45, 7) is 6.86. The third kappa shape index (κ3) is 1.05. The van der Waals surface area contributed by atoms with Gasteiger partial charge in [0.2, 0.25) is 5.91 Å². The second-order valence-electron chi connectivity index (χ2n) is 3.71. The molecule has 12 heavy (non-hydrogen) atoms. The molecule has 1 spiro atoms. The van der Waals surface area contributed by atoms with Crippen LogP contribution in [0.2, 0.25) is 0 Å². The van der Waals surface area contributed by atoms with Gasteiger partial charge >= 0.3 is 0 Å². The van der Waals surface area contributed by atoms with Gasteiger partial charge in [-0.25, -0.2) is 0 Å². The molecule has 1 amide bonds. The summed E-state index contributed by atoms with van der Waals surface area (Å²) in [6, 6.07) is 0. The van der Waals surface area contributed by atoms with E-state index in [0.717, 1.165) is 32.7 Å². The predicted octanol–water partition coefficient (Wildman–Crippen LogP) is 0.421. The average Bonchev–Trinajstić information content (AvgIpc) is 2.46. The molecular weight excluding hydrogens is 154 g/mol. The Morgan fingerprint density at radius 1 is 1.58 bits per heavy atom. The number of amides is 1. The Hall–Kier alpha value is -0.830. The van der Waals surface area contributed by atoms with Gasteiger partial charge in [0.1, 0.15) is 0 Å². The van der Waals surface area contributed by atoms with E-state index in [9.17, 15) is 4.79 Å². The molecule has 0 aromatic heterocycles. The topological polar surface area (TPSA) is 29.5 Å². The molecule has 0 atom stereocenters. The summed E-state index contributed by atoms with van der Waals surface area (Å²) in [5.74, 6) is 0.0544. The fraction of sp³-hybridized carbons (Fsp3) is 0.667. The molecule has 0 aromatic carbocycles. The van der Waals surface area contributed by atoms with Crippen molar-refractivity contribution >= 4 is 5.91 Å². The van der Waals surface area contributed by atoms with Crippen LogP contribution in [0.5, 0.6) is 0 Å². The SMILES string of the molecule is C=CC(=O)N1CCC2(COC2)C1. The van der Waals surface area contributed by atoms with Crippen molar-refractivity contribution in [3.63, 3.8) is 0 Å². The fourth-order valence-corrected chi connectivity index (χ4v) is 1.88. The van der Waals surface area contributed by atoms with Crippen molar-refractivity contribution in [1.82, 2.24) is 4.90 Å². The Kier molecular flexibility index (Phi) is 1.68. The molecule has 0 radical (unpaired) electrons. The summed E-state index contributed by atoms with van der Waals surface area (Å²) < 4.78 is 5.16. The molecule has 2 saturated heterocycles. The number of likely N-dealkylation sites (tertiary alicyclic amines) is 1. The quantitative estimate of drug-likeness (QED) is 0.530. The first-order valence-electron chi connectivity index (χ1n) is 4.25. The lowest BCUT2D eigenvalue weighted by Gasteiger charge is -2.37. The van der Waals surface area contributed by atoms with Gasteiger partial charge in [0.15, 0.2) is 0 Å². The lowest BCUT2D eigenvalue weighted by molar-refractivity contribution is -0.130. The summed E-state index contributed by atoms with van der Waals surface area (Å²) in [6.07, 6.45) is 2.48. The van der Waals surface area contributed by atoms with Crippen LogP contribution in [0.15, 0.2) is 12.7 Å². The van der Waals surface area contributed by atoms with Crippen LogP contribution >= 0.6 is 0 Å². The second kappa shape index (κ2) is 2.59. The van der Waals surface area contributed by atoms with Crippen molar-refractivity contribution in [2.75, 3.05) is 26.3 Å². The van der Waals surface area contributed by atoms with Crippen LogP contribution in [0.3, 0.4) is 0 Å². The van der Waals surface area contributed by atoms with Crippen LogP contribution in [0.1, 0.15) is 6.42 Å². The summed E-state index contributed by atoms with van der Waals surface area (Å²) >= 11 is 0. The highest BCUT2D eigenvalue weighted by Crippen LogP contribution is 2.37. The van der Waals surface area contributed by atoms with E-state index in [1.165, 1.54) is 6.08 Å². The Balaban J connectivity index is 1.97. The minimum atomic E-state index is 0.0544. The highest BCUT2D eigenvalue weighted by Gasteiger charge is 2.45. The van der Waals surface area contributed by atoms with E-state index in [0.29, 0.717) is 5.41 Å². The van der Waals surface area contributed by atoms with E-state index >= 15 is 0 Å². The molecule has 3 heteroatoms. The first kappa shape index (κ1) is 7.80. The minimum Gasteiger partial charge on any atom is -0.380 e. The molecule has 2 aliphatic rings. The van der Waals surface area contributed by atoms with E-state index < -0.39 is 0 Å². The standard InChI is InChI=1S/C9H13NO2/c1-2-8(11)10-4-3-9(5-10)6-12-7-9/h2H,1,3-7H2. The van der Waals surface area contributed by atoms with Crippen molar-refractivity contribution in [2.45, 2.75) is 6.42 Å². The molecule has 0 saturated carbocycles. The minimum absolute atomic E-state index is 0.0544. The summed E-state index contributed by atoms with van der Waals surface area (Å²) in [7, 11) is 0. The highest BCUT2D eigenvalue weighted by molar-refractivity contribution is 5.87. The Morgan fingerprint density at radius 2 is 2.33 bits per heavy atom. The van der Waals surface area contributed by atoms with Gasteiger partial charge in [0.25, 0.3) is 0 Å². The van der Waals surface area contributed by atoms with Gasteiger partial charge in [-0.15, -0.1) is 0 Å². The number of rotatable bonds is 1. The summed E-state index contributed by atoms with van der Waals surface area (Å²) in [5.41, 5.74) is 0.304. The summed E-state index contributed by atoms with van der Waals surface area (Å²) in [4.78, 5) is 13.1. The van der Waals surface area contributed by atoms with Gasteiger partial charge in [-0.05, 0) is 12.5 Å². The van der Waals surface area contributed by atoms with Crippen molar-refractivity contribution < 1.29 is 9.53 Å². The molecule has 3 nitrogen and oxygen atoms in total. The number of ether oxygens (including phenoxy) is 1. The zero-order valence-corrected chi connectivity index (χ0v) is 7.08. The van der Waals surface area contributed by atoms with Gasteiger partial charge in [-0.3, -0.25) is 4.79 Å². The second-order valence-corrected chi connectivity index (χ2v) is 3.71. The summed E-state index contributed by atoms with van der Waals surface area (Å²) in [5, 5.41) is 0. The van der Waals surface area contributed by atoms with Gasteiger partial charge in [0.05, 0.1) is 13.2 Å². The van der Waals surface area contributed by atoms with Crippen LogP contribution in [-0.4, -0.2) is 37.1 Å². The fourth-order valence-electron chi connectivity index (χ4n) is 1.88. The van der Waals surface area contributed by atoms with E-state index in [1.54, 1.807) is 0 Å². The average molecular weight is 167 g/mol. The maximum atomic E-state index is 11.2. The lowest BCUT2D eigenvalue weighted by atomic mass is 9.85. The molecular formula is C9H13NO2. The third-order valence-corrected chi connectivity index (χ3v) is 2.74. The molecule has 0 unspecified atom stereocenters. The first-order chi connectivity index (χ1) is 5.76. The maximum absolute atomic E-state index is 11.2. The Bertz CT molecular complexity index is 221. The van der Waals surface area contributed by atoms with Crippen molar-refractivity contribution in [1.29, 1.82) is 0 Å². The lowest BCUT2D eigenvalue weighted by Crippen LogP contribution is -2.45. The van der Waals surface area contributed by atoms with Gasteiger partial charge in [0, 0.05) is 18.5 Å². The van der Waals surface area contributed by atoms with E-state index in [2.05, 4.69) is 6.58 Å². The van der Waals surface area contributed by atoms with Crippen LogP contribution in [0, 0.1) is 5.41 Å². The number of hydrogen-bond donors (Lipinski definition) is 0. The van der Waals surface area contributed by atoms with Gasteiger partial charge < -0.3 is 9.64 Å².